The Kier molecular flexibility index (Phi) is 5.27. The Morgan fingerprint density at radius 3 is 2.65 bits per heavy atom. The number of aromatic nitrogens is 2. The van der Waals surface area contributed by atoms with Gasteiger partial charge in [0.05, 0.1) is 17.9 Å². The third-order valence-corrected chi connectivity index (χ3v) is 5.65. The number of aromatic amines is 1. The molecule has 5 heteroatoms. The summed E-state index contributed by atoms with van der Waals surface area (Å²) in [4.78, 5) is 2.33. The number of rotatable bonds is 6. The number of nitrogens with zero attached hydrogens (tertiary/aromatic N) is 2. The van der Waals surface area contributed by atoms with E-state index in [0.29, 0.717) is 6.10 Å². The maximum absolute atomic E-state index is 10.4. The first-order valence-corrected chi connectivity index (χ1v) is 9.82. The van der Waals surface area contributed by atoms with E-state index in [-0.39, 0.29) is 12.0 Å². The molecule has 2 heterocycles. The molecule has 1 saturated heterocycles. The average Bonchev–Trinajstić information content (AvgIpc) is 3.34. The summed E-state index contributed by atoms with van der Waals surface area (Å²) in [6.07, 6.45) is 5.90. The van der Waals surface area contributed by atoms with Gasteiger partial charge in [-0.1, -0.05) is 12.1 Å². The molecule has 2 aliphatic rings. The van der Waals surface area contributed by atoms with Crippen LogP contribution < -0.4 is 4.74 Å². The molecule has 5 nitrogen and oxygen atoms in total. The van der Waals surface area contributed by atoms with Gasteiger partial charge >= 0.3 is 0 Å². The van der Waals surface area contributed by atoms with Gasteiger partial charge in [0.15, 0.2) is 0 Å². The first-order valence-electron chi connectivity index (χ1n) is 9.82. The van der Waals surface area contributed by atoms with Crippen molar-refractivity contribution in [2.24, 2.45) is 5.92 Å². The minimum Gasteiger partial charge on any atom is -0.490 e. The van der Waals surface area contributed by atoms with Gasteiger partial charge in [0, 0.05) is 31.2 Å². The number of nitrogens with one attached hydrogen (secondary N) is 1. The number of benzene rings is 1. The summed E-state index contributed by atoms with van der Waals surface area (Å²) in [7, 11) is 0. The highest BCUT2D eigenvalue weighted by Crippen LogP contribution is 2.26. The zero-order valence-electron chi connectivity index (χ0n) is 15.5. The Morgan fingerprint density at radius 1 is 1.19 bits per heavy atom. The summed E-state index contributed by atoms with van der Waals surface area (Å²) >= 11 is 0. The first-order chi connectivity index (χ1) is 12.7. The van der Waals surface area contributed by atoms with Crippen LogP contribution in [0.5, 0.6) is 5.75 Å². The summed E-state index contributed by atoms with van der Waals surface area (Å²) in [5, 5.41) is 17.7. The van der Waals surface area contributed by atoms with Crippen molar-refractivity contribution in [3.63, 3.8) is 0 Å². The molecular formula is C21H29N3O2. The fourth-order valence-electron chi connectivity index (χ4n) is 4.25. The topological polar surface area (TPSA) is 61.4 Å². The van der Waals surface area contributed by atoms with Crippen molar-refractivity contribution in [1.82, 2.24) is 15.1 Å². The molecule has 0 spiro atoms. The van der Waals surface area contributed by atoms with E-state index >= 15 is 0 Å². The highest BCUT2D eigenvalue weighted by Gasteiger charge is 2.31. The summed E-state index contributed by atoms with van der Waals surface area (Å²) in [6.45, 7) is 4.52. The normalized spacial score (nSPS) is 24.4. The highest BCUT2D eigenvalue weighted by molar-refractivity contribution is 5.27. The van der Waals surface area contributed by atoms with Gasteiger partial charge in [-0.05, 0) is 62.8 Å². The summed E-state index contributed by atoms with van der Waals surface area (Å²) in [5.41, 5.74) is 3.39. The Bertz CT molecular complexity index is 706. The lowest BCUT2D eigenvalue weighted by Crippen LogP contribution is -2.21. The fraction of sp³-hybridized carbons (Fsp3) is 0.571. The van der Waals surface area contributed by atoms with E-state index in [2.05, 4.69) is 45.4 Å². The van der Waals surface area contributed by atoms with Crippen LogP contribution in [0.3, 0.4) is 0 Å². The maximum Gasteiger partial charge on any atom is 0.119 e. The first kappa shape index (κ1) is 17.6. The monoisotopic (exact) mass is 355 g/mol. The summed E-state index contributed by atoms with van der Waals surface area (Å²) < 4.78 is 6.04. The van der Waals surface area contributed by atoms with Gasteiger partial charge in [0.25, 0.3) is 0 Å². The molecule has 0 amide bonds. The van der Waals surface area contributed by atoms with Crippen LogP contribution in [-0.4, -0.2) is 45.5 Å². The number of aryl methyl sites for hydroxylation is 1. The number of ether oxygens (including phenoxy) is 1. The van der Waals surface area contributed by atoms with Crippen LogP contribution in [0.2, 0.25) is 0 Å². The number of H-pyrrole nitrogens is 1. The fourth-order valence-corrected chi connectivity index (χ4v) is 4.25. The van der Waals surface area contributed by atoms with Crippen molar-refractivity contribution in [3.8, 4) is 5.75 Å². The van der Waals surface area contributed by atoms with Crippen molar-refractivity contribution in [2.75, 3.05) is 13.1 Å². The minimum absolute atomic E-state index is 0.252. The smallest absolute Gasteiger partial charge is 0.119 e. The van der Waals surface area contributed by atoms with E-state index in [1.165, 1.54) is 31.2 Å². The number of β-amino-alcohol motifs (C(OH)–C–C–N with tert-alkyl or cyclic N) is 1. The molecule has 26 heavy (non-hydrogen) atoms. The molecule has 2 N–H and O–H groups in total. The Balaban J connectivity index is 1.29. The Labute approximate surface area is 155 Å². The van der Waals surface area contributed by atoms with Crippen LogP contribution in [0.15, 0.2) is 30.3 Å². The average molecular weight is 355 g/mol. The number of aliphatic hydroxyl groups is 1. The zero-order valence-corrected chi connectivity index (χ0v) is 15.5. The van der Waals surface area contributed by atoms with Gasteiger partial charge < -0.3 is 9.84 Å². The van der Waals surface area contributed by atoms with E-state index < -0.39 is 0 Å². The largest absolute Gasteiger partial charge is 0.490 e. The molecule has 1 aromatic heterocycles. The number of likely N-dealkylation sites (tertiary alicyclic amines) is 1. The molecule has 140 valence electrons. The van der Waals surface area contributed by atoms with E-state index in [1.807, 2.05) is 6.92 Å². The quantitative estimate of drug-likeness (QED) is 0.836. The second kappa shape index (κ2) is 7.80. The molecule has 1 saturated carbocycles. The molecular weight excluding hydrogens is 326 g/mol. The molecule has 4 rings (SSSR count). The highest BCUT2D eigenvalue weighted by atomic mass is 16.5. The third kappa shape index (κ3) is 4.27. The van der Waals surface area contributed by atoms with Crippen LogP contribution in [0, 0.1) is 12.8 Å². The minimum atomic E-state index is -0.281. The lowest BCUT2D eigenvalue weighted by Gasteiger charge is -2.17. The zero-order chi connectivity index (χ0) is 17.9. The standard InChI is InChI=1S/C21H29N3O2/c1-15-10-18(23-22-15)11-17-13-24(14-21(17)25)12-16-6-8-20(9-7-16)26-19-4-2-3-5-19/h6-10,17,19,21,25H,2-5,11-14H2,1H3,(H,22,23)/t17-,21+/m1/s1. The molecule has 2 atom stereocenters. The second-order valence-electron chi connectivity index (χ2n) is 7.94. The molecule has 2 aromatic rings. The maximum atomic E-state index is 10.4. The second-order valence-corrected chi connectivity index (χ2v) is 7.94. The molecule has 0 unspecified atom stereocenters. The van der Waals surface area contributed by atoms with E-state index in [4.69, 9.17) is 4.74 Å². The van der Waals surface area contributed by atoms with Crippen molar-refractivity contribution in [2.45, 2.75) is 57.8 Å². The molecule has 0 radical (unpaired) electrons. The van der Waals surface area contributed by atoms with Crippen molar-refractivity contribution < 1.29 is 9.84 Å². The molecule has 1 aliphatic carbocycles. The SMILES string of the molecule is Cc1cc(C[C@@H]2CN(Cc3ccc(OC4CCCC4)cc3)C[C@@H]2O)n[nH]1. The van der Waals surface area contributed by atoms with Gasteiger partial charge in [-0.3, -0.25) is 10.00 Å². The summed E-state index contributed by atoms with van der Waals surface area (Å²) in [6, 6.07) is 10.6. The van der Waals surface area contributed by atoms with E-state index in [1.54, 1.807) is 0 Å². The Morgan fingerprint density at radius 2 is 1.96 bits per heavy atom. The number of hydrogen-bond donors (Lipinski definition) is 2. The van der Waals surface area contributed by atoms with Gasteiger partial charge in [0.1, 0.15) is 5.75 Å². The van der Waals surface area contributed by atoms with E-state index in [9.17, 15) is 5.11 Å². The van der Waals surface area contributed by atoms with Gasteiger partial charge in [-0.2, -0.15) is 5.10 Å². The molecule has 1 aromatic carbocycles. The van der Waals surface area contributed by atoms with Crippen LogP contribution in [0.1, 0.15) is 42.6 Å². The number of hydrogen-bond acceptors (Lipinski definition) is 4. The van der Waals surface area contributed by atoms with Crippen LogP contribution in [0.25, 0.3) is 0 Å². The van der Waals surface area contributed by atoms with Gasteiger partial charge in [0.2, 0.25) is 0 Å². The lowest BCUT2D eigenvalue weighted by molar-refractivity contribution is 0.140. The van der Waals surface area contributed by atoms with Crippen molar-refractivity contribution in [3.05, 3.63) is 47.3 Å². The van der Waals surface area contributed by atoms with Crippen LogP contribution in [0.4, 0.5) is 0 Å². The predicted octanol–water partition coefficient (Wildman–Crippen LogP) is 3.07. The van der Waals surface area contributed by atoms with Crippen molar-refractivity contribution >= 4 is 0 Å². The van der Waals surface area contributed by atoms with E-state index in [0.717, 1.165) is 43.2 Å². The van der Waals surface area contributed by atoms with Crippen LogP contribution in [-0.2, 0) is 13.0 Å². The molecule has 2 fully saturated rings. The predicted molar refractivity (Wildman–Crippen MR) is 101 cm³/mol. The van der Waals surface area contributed by atoms with Crippen molar-refractivity contribution in [1.29, 1.82) is 0 Å². The summed E-state index contributed by atoms with van der Waals surface area (Å²) in [5.74, 6) is 1.23. The third-order valence-electron chi connectivity index (χ3n) is 5.65. The van der Waals surface area contributed by atoms with Crippen LogP contribution >= 0.6 is 0 Å². The molecule has 1 aliphatic heterocycles. The number of aliphatic hydroxyl groups excluding tert-OH is 1. The van der Waals surface area contributed by atoms with Gasteiger partial charge in [-0.25, -0.2) is 0 Å². The molecule has 0 bridgehead atoms. The Hall–Kier alpha value is -1.85. The van der Waals surface area contributed by atoms with Gasteiger partial charge in [-0.15, -0.1) is 0 Å². The lowest BCUT2D eigenvalue weighted by atomic mass is 10.0.